The molecule has 4 N–H and O–H groups in total. The number of hydrogen-bond acceptors (Lipinski definition) is 5. The van der Waals surface area contributed by atoms with Gasteiger partial charge in [0.05, 0.1) is 18.9 Å². The molecule has 1 heterocycles. The predicted octanol–water partition coefficient (Wildman–Crippen LogP) is -1.40. The summed E-state index contributed by atoms with van der Waals surface area (Å²) in [4.78, 5) is 6.50. The van der Waals surface area contributed by atoms with E-state index in [2.05, 4.69) is 14.7 Å². The Labute approximate surface area is 93.6 Å². The normalized spacial score (nSPS) is 13.9. The van der Waals surface area contributed by atoms with E-state index >= 15 is 0 Å². The fourth-order valence-corrected chi connectivity index (χ4v) is 2.02. The van der Waals surface area contributed by atoms with Crippen LogP contribution in [0.15, 0.2) is 11.2 Å². The maximum Gasteiger partial charge on any atom is 0.257 e. The molecular formula is C8H15N3O4S. The molecule has 7 nitrogen and oxygen atoms in total. The van der Waals surface area contributed by atoms with Gasteiger partial charge in [-0.1, -0.05) is 6.92 Å². The number of imidazole rings is 1. The standard InChI is InChI=1S/C8H15N3O4S/c1-2-7-9-4-8(11-7)16(14,15)10-3-6(13)5-12/h4,6,10,12-13H,2-3,5H2,1H3,(H,9,11). The second kappa shape index (κ2) is 5.39. The van der Waals surface area contributed by atoms with Crippen LogP contribution in [-0.4, -0.2) is 47.9 Å². The zero-order valence-electron chi connectivity index (χ0n) is 8.84. The van der Waals surface area contributed by atoms with Gasteiger partial charge in [-0.25, -0.2) is 18.1 Å². The van der Waals surface area contributed by atoms with Gasteiger partial charge in [-0.15, -0.1) is 0 Å². The van der Waals surface area contributed by atoms with E-state index in [-0.39, 0.29) is 11.6 Å². The third kappa shape index (κ3) is 3.27. The van der Waals surface area contributed by atoms with Crippen LogP contribution in [0.5, 0.6) is 0 Å². The summed E-state index contributed by atoms with van der Waals surface area (Å²) in [6, 6.07) is 0. The first kappa shape index (κ1) is 13.1. The molecule has 1 aromatic heterocycles. The van der Waals surface area contributed by atoms with Gasteiger partial charge in [-0.3, -0.25) is 0 Å². The number of aromatic nitrogens is 2. The molecule has 0 fully saturated rings. The van der Waals surface area contributed by atoms with Crippen molar-refractivity contribution in [2.45, 2.75) is 24.5 Å². The lowest BCUT2D eigenvalue weighted by molar-refractivity contribution is 0.0988. The molecule has 8 heteroatoms. The molecule has 1 atom stereocenters. The number of rotatable bonds is 6. The topological polar surface area (TPSA) is 115 Å². The molecule has 1 unspecified atom stereocenters. The number of aromatic amines is 1. The highest BCUT2D eigenvalue weighted by Gasteiger charge is 2.17. The van der Waals surface area contributed by atoms with Gasteiger partial charge in [0.2, 0.25) is 0 Å². The number of aryl methyl sites for hydroxylation is 1. The molecular weight excluding hydrogens is 234 g/mol. The number of nitrogens with one attached hydrogen (secondary N) is 2. The van der Waals surface area contributed by atoms with Crippen molar-refractivity contribution < 1.29 is 18.6 Å². The molecule has 0 bridgehead atoms. The second-order valence-electron chi connectivity index (χ2n) is 3.24. The minimum Gasteiger partial charge on any atom is -0.394 e. The van der Waals surface area contributed by atoms with E-state index in [1.54, 1.807) is 0 Å². The first-order chi connectivity index (χ1) is 7.49. The third-order valence-corrected chi connectivity index (χ3v) is 3.28. The Kier molecular flexibility index (Phi) is 4.42. The van der Waals surface area contributed by atoms with Crippen molar-refractivity contribution in [2.75, 3.05) is 13.2 Å². The highest BCUT2D eigenvalue weighted by atomic mass is 32.2. The Morgan fingerprint density at radius 2 is 2.31 bits per heavy atom. The largest absolute Gasteiger partial charge is 0.394 e. The summed E-state index contributed by atoms with van der Waals surface area (Å²) < 4.78 is 25.4. The van der Waals surface area contributed by atoms with Crippen molar-refractivity contribution in [1.82, 2.24) is 14.7 Å². The van der Waals surface area contributed by atoms with Gasteiger partial charge >= 0.3 is 0 Å². The molecule has 0 saturated carbocycles. The third-order valence-electron chi connectivity index (χ3n) is 1.95. The Morgan fingerprint density at radius 3 is 2.81 bits per heavy atom. The Bertz CT molecular complexity index is 428. The van der Waals surface area contributed by atoms with E-state index < -0.39 is 22.7 Å². The lowest BCUT2D eigenvalue weighted by Gasteiger charge is -2.08. The number of nitrogens with zero attached hydrogens (tertiary/aromatic N) is 1. The van der Waals surface area contributed by atoms with E-state index in [1.807, 2.05) is 6.92 Å². The van der Waals surface area contributed by atoms with Gasteiger partial charge in [0.25, 0.3) is 10.0 Å². The molecule has 0 amide bonds. The summed E-state index contributed by atoms with van der Waals surface area (Å²) in [5.74, 6) is 0.572. The molecule has 1 rings (SSSR count). The monoisotopic (exact) mass is 249 g/mol. The van der Waals surface area contributed by atoms with Crippen molar-refractivity contribution in [3.8, 4) is 0 Å². The SMILES string of the molecule is CCc1ncc(S(=O)(=O)NCC(O)CO)[nH]1. The Balaban J connectivity index is 2.70. The quantitative estimate of drug-likeness (QED) is 0.495. The molecule has 92 valence electrons. The van der Waals surface area contributed by atoms with E-state index in [4.69, 9.17) is 10.2 Å². The van der Waals surface area contributed by atoms with Crippen molar-refractivity contribution in [2.24, 2.45) is 0 Å². The van der Waals surface area contributed by atoms with Gasteiger partial charge in [-0.05, 0) is 0 Å². The van der Waals surface area contributed by atoms with E-state index in [9.17, 15) is 8.42 Å². The number of hydrogen-bond donors (Lipinski definition) is 4. The first-order valence-electron chi connectivity index (χ1n) is 4.82. The van der Waals surface area contributed by atoms with Gasteiger partial charge in [0.1, 0.15) is 5.82 Å². The highest BCUT2D eigenvalue weighted by molar-refractivity contribution is 7.89. The first-order valence-corrected chi connectivity index (χ1v) is 6.30. The number of sulfonamides is 1. The average Bonchev–Trinajstić information content (AvgIpc) is 2.75. The maximum atomic E-state index is 11.6. The maximum absolute atomic E-state index is 11.6. The van der Waals surface area contributed by atoms with Crippen molar-refractivity contribution in [3.63, 3.8) is 0 Å². The number of aliphatic hydroxyl groups is 2. The zero-order chi connectivity index (χ0) is 12.2. The summed E-state index contributed by atoms with van der Waals surface area (Å²) in [5.41, 5.74) is 0. The van der Waals surface area contributed by atoms with Crippen LogP contribution in [0.25, 0.3) is 0 Å². The highest BCUT2D eigenvalue weighted by Crippen LogP contribution is 2.05. The fraction of sp³-hybridized carbons (Fsp3) is 0.625. The summed E-state index contributed by atoms with van der Waals surface area (Å²) in [5, 5.41) is 17.5. The number of H-pyrrole nitrogens is 1. The van der Waals surface area contributed by atoms with Gasteiger partial charge < -0.3 is 15.2 Å². The fourth-order valence-electron chi connectivity index (χ4n) is 1.01. The molecule has 0 radical (unpaired) electrons. The Morgan fingerprint density at radius 1 is 1.62 bits per heavy atom. The molecule has 0 aliphatic carbocycles. The molecule has 0 aromatic carbocycles. The van der Waals surface area contributed by atoms with Crippen LogP contribution in [0, 0.1) is 0 Å². The lowest BCUT2D eigenvalue weighted by atomic mass is 10.4. The average molecular weight is 249 g/mol. The smallest absolute Gasteiger partial charge is 0.257 e. The van der Waals surface area contributed by atoms with Gasteiger partial charge in [0.15, 0.2) is 5.03 Å². The second-order valence-corrected chi connectivity index (χ2v) is 4.97. The summed E-state index contributed by atoms with van der Waals surface area (Å²) >= 11 is 0. The summed E-state index contributed by atoms with van der Waals surface area (Å²) in [7, 11) is -3.69. The molecule has 0 aliphatic heterocycles. The van der Waals surface area contributed by atoms with Crippen LogP contribution in [0.2, 0.25) is 0 Å². The predicted molar refractivity (Wildman–Crippen MR) is 56.2 cm³/mol. The summed E-state index contributed by atoms with van der Waals surface area (Å²) in [6.45, 7) is 1.11. The van der Waals surface area contributed by atoms with Crippen molar-refractivity contribution in [3.05, 3.63) is 12.0 Å². The Hall–Kier alpha value is -0.960. The summed E-state index contributed by atoms with van der Waals surface area (Å²) in [6.07, 6.45) is 0.713. The zero-order valence-corrected chi connectivity index (χ0v) is 9.66. The van der Waals surface area contributed by atoms with Crippen LogP contribution in [0.1, 0.15) is 12.7 Å². The van der Waals surface area contributed by atoms with E-state index in [1.165, 1.54) is 6.20 Å². The van der Waals surface area contributed by atoms with Gasteiger partial charge in [0, 0.05) is 13.0 Å². The van der Waals surface area contributed by atoms with Crippen LogP contribution >= 0.6 is 0 Å². The molecule has 0 saturated heterocycles. The lowest BCUT2D eigenvalue weighted by Crippen LogP contribution is -2.34. The minimum atomic E-state index is -3.69. The van der Waals surface area contributed by atoms with E-state index in [0.29, 0.717) is 12.2 Å². The molecule has 1 aromatic rings. The molecule has 16 heavy (non-hydrogen) atoms. The minimum absolute atomic E-state index is 0.0468. The van der Waals surface area contributed by atoms with Crippen LogP contribution < -0.4 is 4.72 Å². The van der Waals surface area contributed by atoms with Crippen LogP contribution in [0.4, 0.5) is 0 Å². The van der Waals surface area contributed by atoms with Crippen molar-refractivity contribution in [1.29, 1.82) is 0 Å². The molecule has 0 aliphatic rings. The number of aliphatic hydroxyl groups excluding tert-OH is 2. The van der Waals surface area contributed by atoms with Gasteiger partial charge in [-0.2, -0.15) is 0 Å². The van der Waals surface area contributed by atoms with E-state index in [0.717, 1.165) is 0 Å². The van der Waals surface area contributed by atoms with Crippen LogP contribution in [0.3, 0.4) is 0 Å². The van der Waals surface area contributed by atoms with Crippen LogP contribution in [-0.2, 0) is 16.4 Å². The van der Waals surface area contributed by atoms with Crippen molar-refractivity contribution >= 4 is 10.0 Å². The molecule has 0 spiro atoms.